The Hall–Kier alpha value is -0.870. The summed E-state index contributed by atoms with van der Waals surface area (Å²) >= 11 is 0. The van der Waals surface area contributed by atoms with Gasteiger partial charge in [0, 0.05) is 0 Å². The SMILES string of the molecule is C\C=C/C=C(\C=C/C)S(=O)(=O)NC. The summed E-state index contributed by atoms with van der Waals surface area (Å²) in [4.78, 5) is 0.260. The van der Waals surface area contributed by atoms with E-state index in [4.69, 9.17) is 0 Å². The normalized spacial score (nSPS) is 14.5. The molecule has 0 spiro atoms. The highest BCUT2D eigenvalue weighted by Gasteiger charge is 2.10. The molecule has 0 rings (SSSR count). The van der Waals surface area contributed by atoms with Crippen molar-refractivity contribution in [1.29, 1.82) is 0 Å². The van der Waals surface area contributed by atoms with E-state index in [0.29, 0.717) is 0 Å². The average molecular weight is 201 g/mol. The molecular formula is C9H15NO2S. The van der Waals surface area contributed by atoms with Gasteiger partial charge in [-0.25, -0.2) is 13.1 Å². The fraction of sp³-hybridized carbons (Fsp3) is 0.333. The predicted octanol–water partition coefficient (Wildman–Crippen LogP) is 1.57. The van der Waals surface area contributed by atoms with Crippen LogP contribution in [0, 0.1) is 0 Å². The molecule has 0 amide bonds. The molecule has 0 heterocycles. The van der Waals surface area contributed by atoms with Gasteiger partial charge >= 0.3 is 0 Å². The zero-order valence-electron chi connectivity index (χ0n) is 8.11. The lowest BCUT2D eigenvalue weighted by molar-refractivity contribution is 0.595. The van der Waals surface area contributed by atoms with Crippen molar-refractivity contribution in [2.45, 2.75) is 13.8 Å². The Morgan fingerprint density at radius 3 is 2.23 bits per heavy atom. The maximum atomic E-state index is 11.3. The Balaban J connectivity index is 5.04. The molecule has 0 saturated heterocycles. The number of sulfonamides is 1. The van der Waals surface area contributed by atoms with Gasteiger partial charge in [0.05, 0.1) is 4.91 Å². The Kier molecular flexibility index (Phi) is 5.34. The summed E-state index contributed by atoms with van der Waals surface area (Å²) in [6.07, 6.45) is 8.24. The Morgan fingerprint density at radius 2 is 1.85 bits per heavy atom. The van der Waals surface area contributed by atoms with Gasteiger partial charge in [-0.1, -0.05) is 18.2 Å². The third kappa shape index (κ3) is 4.05. The molecule has 0 aromatic heterocycles. The summed E-state index contributed by atoms with van der Waals surface area (Å²) in [7, 11) is -1.93. The fourth-order valence-corrected chi connectivity index (χ4v) is 1.52. The van der Waals surface area contributed by atoms with Gasteiger partial charge in [0.2, 0.25) is 10.0 Å². The number of rotatable bonds is 4. The standard InChI is InChI=1S/C9H15NO2S/c1-4-6-8-9(7-5-2)13(11,12)10-3/h4-8,10H,1-3H3/b6-4-,7-5-,9-8+. The van der Waals surface area contributed by atoms with Crippen molar-refractivity contribution in [3.05, 3.63) is 35.3 Å². The molecular weight excluding hydrogens is 186 g/mol. The first-order valence-corrected chi connectivity index (χ1v) is 5.46. The van der Waals surface area contributed by atoms with E-state index in [1.54, 1.807) is 37.3 Å². The summed E-state index contributed by atoms with van der Waals surface area (Å²) in [6, 6.07) is 0. The van der Waals surface area contributed by atoms with Crippen LogP contribution in [-0.2, 0) is 10.0 Å². The second-order valence-electron chi connectivity index (χ2n) is 2.30. The topological polar surface area (TPSA) is 46.2 Å². The van der Waals surface area contributed by atoms with Crippen LogP contribution < -0.4 is 4.72 Å². The quantitative estimate of drug-likeness (QED) is 0.702. The van der Waals surface area contributed by atoms with E-state index in [-0.39, 0.29) is 4.91 Å². The molecule has 1 N–H and O–H groups in total. The summed E-state index contributed by atoms with van der Waals surface area (Å²) in [6.45, 7) is 3.60. The van der Waals surface area contributed by atoms with Crippen molar-refractivity contribution in [2.75, 3.05) is 7.05 Å². The van der Waals surface area contributed by atoms with Crippen LogP contribution >= 0.6 is 0 Å². The van der Waals surface area contributed by atoms with Gasteiger partial charge in [-0.15, -0.1) is 0 Å². The van der Waals surface area contributed by atoms with Crippen LogP contribution in [-0.4, -0.2) is 15.5 Å². The Morgan fingerprint density at radius 1 is 1.23 bits per heavy atom. The van der Waals surface area contributed by atoms with Crippen molar-refractivity contribution in [2.24, 2.45) is 0 Å². The molecule has 0 bridgehead atoms. The van der Waals surface area contributed by atoms with Crippen LogP contribution in [0.15, 0.2) is 35.3 Å². The second-order valence-corrected chi connectivity index (χ2v) is 4.19. The average Bonchev–Trinajstić information content (AvgIpc) is 2.12. The molecule has 0 aliphatic heterocycles. The maximum Gasteiger partial charge on any atom is 0.240 e. The van der Waals surface area contributed by atoms with E-state index < -0.39 is 10.0 Å². The monoisotopic (exact) mass is 201 g/mol. The first-order valence-electron chi connectivity index (χ1n) is 3.97. The van der Waals surface area contributed by atoms with Crippen molar-refractivity contribution in [1.82, 2.24) is 4.72 Å². The van der Waals surface area contributed by atoms with Gasteiger partial charge in [0.1, 0.15) is 0 Å². The van der Waals surface area contributed by atoms with E-state index in [9.17, 15) is 8.42 Å². The number of hydrogen-bond donors (Lipinski definition) is 1. The summed E-state index contributed by atoms with van der Waals surface area (Å²) in [5.74, 6) is 0. The van der Waals surface area contributed by atoms with E-state index >= 15 is 0 Å². The third-order valence-electron chi connectivity index (χ3n) is 1.36. The molecule has 0 radical (unpaired) electrons. The van der Waals surface area contributed by atoms with Gasteiger partial charge in [-0.2, -0.15) is 0 Å². The molecule has 74 valence electrons. The largest absolute Gasteiger partial charge is 0.240 e. The zero-order chi connectivity index (χ0) is 10.3. The smallest absolute Gasteiger partial charge is 0.214 e. The lowest BCUT2D eigenvalue weighted by Gasteiger charge is -2.01. The van der Waals surface area contributed by atoms with Gasteiger partial charge in [-0.3, -0.25) is 0 Å². The minimum atomic E-state index is -3.32. The van der Waals surface area contributed by atoms with Crippen LogP contribution in [0.5, 0.6) is 0 Å². The van der Waals surface area contributed by atoms with Gasteiger partial charge in [-0.05, 0) is 33.0 Å². The zero-order valence-corrected chi connectivity index (χ0v) is 8.93. The lowest BCUT2D eigenvalue weighted by atomic mass is 10.4. The minimum Gasteiger partial charge on any atom is -0.214 e. The van der Waals surface area contributed by atoms with E-state index in [0.717, 1.165) is 0 Å². The molecule has 0 atom stereocenters. The highest BCUT2D eigenvalue weighted by Crippen LogP contribution is 2.05. The van der Waals surface area contributed by atoms with Crippen LogP contribution in [0.3, 0.4) is 0 Å². The van der Waals surface area contributed by atoms with Crippen molar-refractivity contribution in [3.8, 4) is 0 Å². The maximum absolute atomic E-state index is 11.3. The molecule has 0 unspecified atom stereocenters. The molecule has 0 fully saturated rings. The molecule has 0 aliphatic carbocycles. The van der Waals surface area contributed by atoms with Crippen molar-refractivity contribution in [3.63, 3.8) is 0 Å². The fourth-order valence-electron chi connectivity index (χ4n) is 0.708. The third-order valence-corrected chi connectivity index (χ3v) is 2.79. The van der Waals surface area contributed by atoms with Crippen LogP contribution in [0.25, 0.3) is 0 Å². The van der Waals surface area contributed by atoms with Crippen LogP contribution in [0.4, 0.5) is 0 Å². The first-order chi connectivity index (χ1) is 6.08. The predicted molar refractivity (Wildman–Crippen MR) is 55.7 cm³/mol. The van der Waals surface area contributed by atoms with Gasteiger partial charge in [0.15, 0.2) is 0 Å². The number of allylic oxidation sites excluding steroid dienone is 5. The summed E-state index contributed by atoms with van der Waals surface area (Å²) < 4.78 is 24.9. The van der Waals surface area contributed by atoms with E-state index in [2.05, 4.69) is 4.72 Å². The van der Waals surface area contributed by atoms with Crippen LogP contribution in [0.2, 0.25) is 0 Å². The Labute approximate surface area is 79.9 Å². The highest BCUT2D eigenvalue weighted by atomic mass is 32.2. The highest BCUT2D eigenvalue weighted by molar-refractivity contribution is 7.93. The van der Waals surface area contributed by atoms with E-state index in [1.807, 2.05) is 6.92 Å². The molecule has 4 heteroatoms. The minimum absolute atomic E-state index is 0.260. The lowest BCUT2D eigenvalue weighted by Crippen LogP contribution is -2.19. The van der Waals surface area contributed by atoms with Gasteiger partial charge in [0.25, 0.3) is 0 Å². The number of nitrogens with one attached hydrogen (secondary N) is 1. The molecule has 0 saturated carbocycles. The van der Waals surface area contributed by atoms with Gasteiger partial charge < -0.3 is 0 Å². The molecule has 0 aliphatic rings. The van der Waals surface area contributed by atoms with Crippen LogP contribution in [0.1, 0.15) is 13.8 Å². The molecule has 0 aromatic rings. The second kappa shape index (κ2) is 5.72. The number of hydrogen-bond acceptors (Lipinski definition) is 2. The van der Waals surface area contributed by atoms with E-state index in [1.165, 1.54) is 7.05 Å². The first kappa shape index (κ1) is 12.1. The van der Waals surface area contributed by atoms with Crippen molar-refractivity contribution < 1.29 is 8.42 Å². The molecule has 13 heavy (non-hydrogen) atoms. The molecule has 0 aromatic carbocycles. The Bertz CT molecular complexity index is 324. The molecule has 3 nitrogen and oxygen atoms in total. The van der Waals surface area contributed by atoms with Crippen molar-refractivity contribution >= 4 is 10.0 Å². The summed E-state index contributed by atoms with van der Waals surface area (Å²) in [5.41, 5.74) is 0. The summed E-state index contributed by atoms with van der Waals surface area (Å²) in [5, 5.41) is 0.